The predicted molar refractivity (Wildman–Crippen MR) is 89.5 cm³/mol. The fraction of sp³-hybridized carbons (Fsp3) is 0.278. The molecule has 0 saturated carbocycles. The molecule has 0 saturated heterocycles. The zero-order valence-electron chi connectivity index (χ0n) is 14.6. The molecular weight excluding hydrogens is 342 g/mol. The quantitative estimate of drug-likeness (QED) is 0.695. The summed E-state index contributed by atoms with van der Waals surface area (Å²) in [6.07, 6.45) is 1.15. The molecule has 0 spiro atoms. The first-order valence-corrected chi connectivity index (χ1v) is 7.73. The van der Waals surface area contributed by atoms with E-state index < -0.39 is 28.6 Å². The van der Waals surface area contributed by atoms with Gasteiger partial charge < -0.3 is 25.0 Å². The number of phenolic OH excluding ortho intramolecular Hbond substituents is 1. The van der Waals surface area contributed by atoms with E-state index >= 15 is 0 Å². The van der Waals surface area contributed by atoms with Crippen molar-refractivity contribution in [1.82, 2.24) is 5.32 Å². The van der Waals surface area contributed by atoms with Gasteiger partial charge in [-0.2, -0.15) is 0 Å². The van der Waals surface area contributed by atoms with Crippen LogP contribution in [-0.2, 0) is 15.0 Å². The number of allylic oxidation sites excluding steroid dienone is 3. The van der Waals surface area contributed by atoms with E-state index in [1.54, 1.807) is 0 Å². The number of fused-ring (bicyclic) bond motifs is 3. The zero-order chi connectivity index (χ0) is 19.4. The number of aliphatic hydroxyl groups is 1. The number of nitrogens with one attached hydrogen (secondary N) is 1. The van der Waals surface area contributed by atoms with Crippen LogP contribution < -0.4 is 14.8 Å². The third-order valence-electron chi connectivity index (χ3n) is 4.66. The van der Waals surface area contributed by atoms with Gasteiger partial charge in [0.15, 0.2) is 17.3 Å². The Hall–Kier alpha value is -3.29. The SMILES string of the molecule is CNC(=O)c1c(OC)cc(O)c2c1OC1=CC(O)=C(C(C)=O)C(=O)[C@]12C. The summed E-state index contributed by atoms with van der Waals surface area (Å²) >= 11 is 0. The van der Waals surface area contributed by atoms with Crippen molar-refractivity contribution in [3.63, 3.8) is 0 Å². The standard InChI is InChI=1S/C18H17NO7/c1-7(20)12-8(21)6-11-18(2,16(12)23)14-9(22)5-10(25-4)13(15(14)26-11)17(24)19-3/h5-6,21-22H,1-4H3,(H,19,24)/t18-/m1/s1. The van der Waals surface area contributed by atoms with Crippen LogP contribution >= 0.6 is 0 Å². The molecule has 8 heteroatoms. The summed E-state index contributed by atoms with van der Waals surface area (Å²) in [7, 11) is 2.74. The van der Waals surface area contributed by atoms with Gasteiger partial charge >= 0.3 is 0 Å². The van der Waals surface area contributed by atoms with Crippen molar-refractivity contribution in [2.75, 3.05) is 14.2 Å². The first kappa shape index (κ1) is 17.5. The molecule has 26 heavy (non-hydrogen) atoms. The number of hydrogen-bond acceptors (Lipinski definition) is 7. The van der Waals surface area contributed by atoms with E-state index in [1.807, 2.05) is 0 Å². The van der Waals surface area contributed by atoms with E-state index in [2.05, 4.69) is 5.32 Å². The fourth-order valence-electron chi connectivity index (χ4n) is 3.35. The number of ketones is 2. The number of phenols is 1. The average Bonchev–Trinajstić information content (AvgIpc) is 2.88. The summed E-state index contributed by atoms with van der Waals surface area (Å²) in [5.74, 6) is -2.71. The Bertz CT molecular complexity index is 941. The highest BCUT2D eigenvalue weighted by atomic mass is 16.5. The summed E-state index contributed by atoms with van der Waals surface area (Å²) in [5, 5.41) is 23.0. The zero-order valence-corrected chi connectivity index (χ0v) is 14.6. The number of aromatic hydroxyl groups is 1. The van der Waals surface area contributed by atoms with Crippen molar-refractivity contribution in [2.45, 2.75) is 19.3 Å². The van der Waals surface area contributed by atoms with Gasteiger partial charge in [0, 0.05) is 19.2 Å². The van der Waals surface area contributed by atoms with Crippen molar-refractivity contribution in [2.24, 2.45) is 0 Å². The van der Waals surface area contributed by atoms with Crippen LogP contribution in [0, 0.1) is 0 Å². The molecule has 1 aromatic rings. The van der Waals surface area contributed by atoms with Crippen LogP contribution in [0.1, 0.15) is 29.8 Å². The lowest BCUT2D eigenvalue weighted by molar-refractivity contribution is -0.123. The Labute approximate surface area is 148 Å². The van der Waals surface area contributed by atoms with E-state index in [-0.39, 0.29) is 39.7 Å². The molecule has 0 fully saturated rings. The van der Waals surface area contributed by atoms with Gasteiger partial charge in [-0.3, -0.25) is 14.4 Å². The Morgan fingerprint density at radius 1 is 1.31 bits per heavy atom. The van der Waals surface area contributed by atoms with Crippen LogP contribution in [-0.4, -0.2) is 41.8 Å². The summed E-state index contributed by atoms with van der Waals surface area (Å²) in [6.45, 7) is 2.62. The molecule has 3 rings (SSSR count). The topological polar surface area (TPSA) is 122 Å². The van der Waals surface area contributed by atoms with Gasteiger partial charge in [-0.05, 0) is 13.8 Å². The molecule has 1 aliphatic carbocycles. The summed E-state index contributed by atoms with van der Waals surface area (Å²) in [4.78, 5) is 37.1. The molecule has 0 aromatic heterocycles. The minimum absolute atomic E-state index is 0.00371. The lowest BCUT2D eigenvalue weighted by Gasteiger charge is -2.27. The van der Waals surface area contributed by atoms with Crippen LogP contribution in [0.4, 0.5) is 0 Å². The van der Waals surface area contributed by atoms with E-state index in [4.69, 9.17) is 9.47 Å². The molecule has 1 heterocycles. The van der Waals surface area contributed by atoms with Crippen LogP contribution in [0.2, 0.25) is 0 Å². The molecule has 0 unspecified atom stereocenters. The van der Waals surface area contributed by atoms with Gasteiger partial charge in [-0.15, -0.1) is 0 Å². The molecule has 1 aliphatic heterocycles. The summed E-state index contributed by atoms with van der Waals surface area (Å²) in [5.41, 5.74) is -1.90. The van der Waals surface area contributed by atoms with Gasteiger partial charge in [-0.1, -0.05) is 0 Å². The second-order valence-corrected chi connectivity index (χ2v) is 6.14. The second-order valence-electron chi connectivity index (χ2n) is 6.14. The largest absolute Gasteiger partial charge is 0.507 e. The van der Waals surface area contributed by atoms with Crippen molar-refractivity contribution < 1.29 is 34.1 Å². The summed E-state index contributed by atoms with van der Waals surface area (Å²) < 4.78 is 10.8. The number of carbonyl (C=O) groups is 3. The third-order valence-corrected chi connectivity index (χ3v) is 4.66. The molecule has 0 radical (unpaired) electrons. The highest BCUT2D eigenvalue weighted by Crippen LogP contribution is 2.56. The Morgan fingerprint density at radius 2 is 1.96 bits per heavy atom. The van der Waals surface area contributed by atoms with E-state index in [9.17, 15) is 24.6 Å². The van der Waals surface area contributed by atoms with E-state index in [0.29, 0.717) is 0 Å². The third kappa shape index (κ3) is 2.05. The Morgan fingerprint density at radius 3 is 2.50 bits per heavy atom. The molecule has 0 bridgehead atoms. The molecule has 2 aliphatic rings. The molecule has 1 amide bonds. The van der Waals surface area contributed by atoms with Gasteiger partial charge in [0.05, 0.1) is 12.7 Å². The van der Waals surface area contributed by atoms with Crippen LogP contribution in [0.15, 0.2) is 29.2 Å². The number of ether oxygens (including phenoxy) is 2. The van der Waals surface area contributed by atoms with Crippen molar-refractivity contribution >= 4 is 17.5 Å². The van der Waals surface area contributed by atoms with Crippen molar-refractivity contribution in [1.29, 1.82) is 0 Å². The number of benzene rings is 1. The molecule has 3 N–H and O–H groups in total. The fourth-order valence-corrected chi connectivity index (χ4v) is 3.35. The lowest BCUT2D eigenvalue weighted by Crippen LogP contribution is -2.38. The number of aliphatic hydroxyl groups excluding tert-OH is 1. The molecular formula is C18H17NO7. The number of hydrogen-bond donors (Lipinski definition) is 3. The Kier molecular flexibility index (Phi) is 3.79. The molecule has 8 nitrogen and oxygen atoms in total. The number of amides is 1. The number of carbonyl (C=O) groups excluding carboxylic acids is 3. The highest BCUT2D eigenvalue weighted by molar-refractivity contribution is 6.25. The smallest absolute Gasteiger partial charge is 0.258 e. The second kappa shape index (κ2) is 5.62. The van der Waals surface area contributed by atoms with Gasteiger partial charge in [-0.25, -0.2) is 0 Å². The minimum Gasteiger partial charge on any atom is -0.507 e. The van der Waals surface area contributed by atoms with Gasteiger partial charge in [0.1, 0.15) is 39.6 Å². The summed E-state index contributed by atoms with van der Waals surface area (Å²) in [6, 6.07) is 1.21. The maximum absolute atomic E-state index is 13.0. The average molecular weight is 359 g/mol. The van der Waals surface area contributed by atoms with Gasteiger partial charge in [0.25, 0.3) is 5.91 Å². The van der Waals surface area contributed by atoms with Crippen molar-refractivity contribution in [3.8, 4) is 17.2 Å². The van der Waals surface area contributed by atoms with Crippen LogP contribution in [0.3, 0.4) is 0 Å². The van der Waals surface area contributed by atoms with E-state index in [0.717, 1.165) is 13.0 Å². The number of Topliss-reactive ketones (excluding diaryl/α,β-unsaturated/α-hetero) is 2. The Balaban J connectivity index is 2.35. The maximum Gasteiger partial charge on any atom is 0.258 e. The first-order chi connectivity index (χ1) is 12.2. The van der Waals surface area contributed by atoms with Crippen LogP contribution in [0.25, 0.3) is 0 Å². The van der Waals surface area contributed by atoms with Gasteiger partial charge in [0.2, 0.25) is 0 Å². The lowest BCUT2D eigenvalue weighted by atomic mass is 9.71. The van der Waals surface area contributed by atoms with E-state index in [1.165, 1.54) is 27.1 Å². The predicted octanol–water partition coefficient (Wildman–Crippen LogP) is 1.28. The number of rotatable bonds is 3. The monoisotopic (exact) mass is 359 g/mol. The maximum atomic E-state index is 13.0. The molecule has 136 valence electrons. The van der Waals surface area contributed by atoms with Crippen molar-refractivity contribution in [3.05, 3.63) is 40.4 Å². The normalized spacial score (nSPS) is 20.8. The minimum atomic E-state index is -1.55. The molecule has 1 atom stereocenters. The number of methoxy groups -OCH3 is 1. The molecule has 1 aromatic carbocycles. The first-order valence-electron chi connectivity index (χ1n) is 7.73. The highest BCUT2D eigenvalue weighted by Gasteiger charge is 2.55. The van der Waals surface area contributed by atoms with Crippen LogP contribution in [0.5, 0.6) is 17.2 Å².